The first-order valence-corrected chi connectivity index (χ1v) is 5.76. The minimum atomic E-state index is -4.85. The molecule has 0 amide bonds. The number of hydrogen-bond donors (Lipinski definition) is 0. The molecular formula is C12H5F6S. The van der Waals surface area contributed by atoms with Crippen LogP contribution >= 0.6 is 11.3 Å². The van der Waals surface area contributed by atoms with E-state index >= 15 is 0 Å². The fourth-order valence-electron chi connectivity index (χ4n) is 1.67. The molecule has 0 spiro atoms. The molecule has 2 aromatic rings. The van der Waals surface area contributed by atoms with Gasteiger partial charge in [-0.25, -0.2) is 0 Å². The Morgan fingerprint density at radius 3 is 1.74 bits per heavy atom. The van der Waals surface area contributed by atoms with Gasteiger partial charge in [-0.15, -0.1) is 11.3 Å². The third kappa shape index (κ3) is 2.75. The third-order valence-corrected chi connectivity index (χ3v) is 3.21. The van der Waals surface area contributed by atoms with E-state index < -0.39 is 29.0 Å². The SMILES string of the molecule is FC(F)(F)c1cccc(C(F)(F)F)c1-c1cc[c]s1. The van der Waals surface area contributed by atoms with Crippen molar-refractivity contribution in [2.75, 3.05) is 0 Å². The van der Waals surface area contributed by atoms with Gasteiger partial charge < -0.3 is 0 Å². The Morgan fingerprint density at radius 2 is 1.37 bits per heavy atom. The van der Waals surface area contributed by atoms with E-state index in [2.05, 4.69) is 5.38 Å². The molecule has 1 radical (unpaired) electrons. The first-order valence-electron chi connectivity index (χ1n) is 4.95. The number of benzene rings is 1. The Labute approximate surface area is 108 Å². The first-order chi connectivity index (χ1) is 8.71. The Morgan fingerprint density at radius 1 is 0.842 bits per heavy atom. The molecule has 0 unspecified atom stereocenters. The van der Waals surface area contributed by atoms with Crippen molar-refractivity contribution in [3.05, 3.63) is 46.8 Å². The molecule has 0 saturated carbocycles. The van der Waals surface area contributed by atoms with Crippen molar-refractivity contribution >= 4 is 11.3 Å². The van der Waals surface area contributed by atoms with Crippen LogP contribution in [0.25, 0.3) is 10.4 Å². The second kappa shape index (κ2) is 4.56. The van der Waals surface area contributed by atoms with Crippen molar-refractivity contribution in [2.24, 2.45) is 0 Å². The predicted molar refractivity (Wildman–Crippen MR) is 58.6 cm³/mol. The van der Waals surface area contributed by atoms with Gasteiger partial charge in [0.1, 0.15) is 0 Å². The van der Waals surface area contributed by atoms with Gasteiger partial charge in [0.25, 0.3) is 0 Å². The van der Waals surface area contributed by atoms with E-state index in [0.29, 0.717) is 23.5 Å². The molecule has 19 heavy (non-hydrogen) atoms. The molecule has 0 atom stereocenters. The highest BCUT2D eigenvalue weighted by Crippen LogP contribution is 2.45. The molecule has 0 nitrogen and oxygen atoms in total. The monoisotopic (exact) mass is 295 g/mol. The molecule has 0 N–H and O–H groups in total. The fourth-order valence-corrected chi connectivity index (χ4v) is 2.39. The molecule has 2 rings (SSSR count). The normalized spacial score (nSPS) is 12.7. The van der Waals surface area contributed by atoms with E-state index in [1.54, 1.807) is 0 Å². The first kappa shape index (κ1) is 13.9. The van der Waals surface area contributed by atoms with Crippen molar-refractivity contribution in [3.8, 4) is 10.4 Å². The highest BCUT2D eigenvalue weighted by atomic mass is 32.1. The highest BCUT2D eigenvalue weighted by Gasteiger charge is 2.41. The fraction of sp³-hybridized carbons (Fsp3) is 0.167. The zero-order valence-electron chi connectivity index (χ0n) is 9.06. The summed E-state index contributed by atoms with van der Waals surface area (Å²) in [5.41, 5.74) is -3.43. The second-order valence-electron chi connectivity index (χ2n) is 3.64. The van der Waals surface area contributed by atoms with Crippen molar-refractivity contribution in [1.29, 1.82) is 0 Å². The van der Waals surface area contributed by atoms with Gasteiger partial charge >= 0.3 is 12.4 Å². The van der Waals surface area contributed by atoms with Crippen LogP contribution in [-0.4, -0.2) is 0 Å². The van der Waals surface area contributed by atoms with Gasteiger partial charge in [0, 0.05) is 15.8 Å². The van der Waals surface area contributed by atoms with Gasteiger partial charge in [0.2, 0.25) is 0 Å². The van der Waals surface area contributed by atoms with Crippen LogP contribution in [0.4, 0.5) is 26.3 Å². The number of rotatable bonds is 1. The largest absolute Gasteiger partial charge is 0.417 e. The summed E-state index contributed by atoms with van der Waals surface area (Å²) in [5, 5.41) is 2.49. The van der Waals surface area contributed by atoms with Gasteiger partial charge in [0.15, 0.2) is 0 Å². The summed E-state index contributed by atoms with van der Waals surface area (Å²) < 4.78 is 77.0. The maximum absolute atomic E-state index is 12.8. The van der Waals surface area contributed by atoms with E-state index in [0.717, 1.165) is 6.07 Å². The smallest absolute Gasteiger partial charge is 0.166 e. The Balaban J connectivity index is 2.78. The van der Waals surface area contributed by atoms with Gasteiger partial charge in [-0.2, -0.15) is 26.3 Å². The Bertz CT molecular complexity index is 533. The standard InChI is InChI=1S/C12H5F6S/c13-11(14,15)7-3-1-4-8(12(16,17)18)10(7)9-5-2-6-19-9/h1-5H. The Kier molecular flexibility index (Phi) is 3.34. The minimum Gasteiger partial charge on any atom is -0.166 e. The average Bonchev–Trinajstić information content (AvgIpc) is 2.78. The summed E-state index contributed by atoms with van der Waals surface area (Å²) in [7, 11) is 0. The average molecular weight is 295 g/mol. The maximum atomic E-state index is 12.8. The number of halogens is 6. The molecular weight excluding hydrogens is 290 g/mol. The maximum Gasteiger partial charge on any atom is 0.417 e. The lowest BCUT2D eigenvalue weighted by molar-refractivity contribution is -0.142. The summed E-state index contributed by atoms with van der Waals surface area (Å²) in [6.07, 6.45) is -9.69. The zero-order chi connectivity index (χ0) is 14.3. The topological polar surface area (TPSA) is 0 Å². The molecule has 1 aromatic heterocycles. The number of alkyl halides is 6. The lowest BCUT2D eigenvalue weighted by atomic mass is 9.98. The molecule has 0 bridgehead atoms. The lowest BCUT2D eigenvalue weighted by Gasteiger charge is -2.17. The number of hydrogen-bond acceptors (Lipinski definition) is 1. The van der Waals surface area contributed by atoms with Gasteiger partial charge in [-0.3, -0.25) is 0 Å². The van der Waals surface area contributed by atoms with Gasteiger partial charge in [-0.05, 0) is 24.3 Å². The summed E-state index contributed by atoms with van der Waals surface area (Å²) in [4.78, 5) is -0.111. The molecule has 0 aliphatic heterocycles. The van der Waals surface area contributed by atoms with Gasteiger partial charge in [-0.1, -0.05) is 6.07 Å². The van der Waals surface area contributed by atoms with Crippen molar-refractivity contribution in [2.45, 2.75) is 12.4 Å². The Hall–Kier alpha value is -1.50. The highest BCUT2D eigenvalue weighted by molar-refractivity contribution is 7.13. The van der Waals surface area contributed by atoms with E-state index in [1.807, 2.05) is 0 Å². The summed E-state index contributed by atoms with van der Waals surface area (Å²) in [6, 6.07) is 4.51. The van der Waals surface area contributed by atoms with Crippen LogP contribution in [0.1, 0.15) is 11.1 Å². The molecule has 7 heteroatoms. The van der Waals surface area contributed by atoms with E-state index in [9.17, 15) is 26.3 Å². The van der Waals surface area contributed by atoms with Crippen molar-refractivity contribution < 1.29 is 26.3 Å². The van der Waals surface area contributed by atoms with Crippen LogP contribution < -0.4 is 0 Å². The molecule has 1 heterocycles. The van der Waals surface area contributed by atoms with Crippen molar-refractivity contribution in [3.63, 3.8) is 0 Å². The summed E-state index contributed by atoms with van der Waals surface area (Å²) >= 11 is 0.712. The third-order valence-electron chi connectivity index (χ3n) is 2.39. The van der Waals surface area contributed by atoms with Crippen LogP contribution in [-0.2, 0) is 12.4 Å². The molecule has 0 aliphatic carbocycles. The van der Waals surface area contributed by atoms with Crippen LogP contribution in [0.15, 0.2) is 30.3 Å². The van der Waals surface area contributed by atoms with Crippen LogP contribution in [0, 0.1) is 5.38 Å². The number of thiophene rings is 1. The van der Waals surface area contributed by atoms with Crippen LogP contribution in [0.5, 0.6) is 0 Å². The molecule has 0 fully saturated rings. The van der Waals surface area contributed by atoms with Gasteiger partial charge in [0.05, 0.1) is 11.1 Å². The zero-order valence-corrected chi connectivity index (χ0v) is 9.88. The molecule has 1 aromatic carbocycles. The molecule has 0 saturated heterocycles. The lowest BCUT2D eigenvalue weighted by Crippen LogP contribution is -2.13. The van der Waals surface area contributed by atoms with E-state index in [-0.39, 0.29) is 4.88 Å². The molecule has 0 aliphatic rings. The van der Waals surface area contributed by atoms with Crippen molar-refractivity contribution in [1.82, 2.24) is 0 Å². The van der Waals surface area contributed by atoms with Crippen LogP contribution in [0.2, 0.25) is 0 Å². The summed E-state index contributed by atoms with van der Waals surface area (Å²) in [5.74, 6) is 0. The van der Waals surface area contributed by atoms with Crippen LogP contribution in [0.3, 0.4) is 0 Å². The van der Waals surface area contributed by atoms with E-state index in [4.69, 9.17) is 0 Å². The summed E-state index contributed by atoms with van der Waals surface area (Å²) in [6.45, 7) is 0. The predicted octanol–water partition coefficient (Wildman–Crippen LogP) is 5.25. The quantitative estimate of drug-likeness (QED) is 0.630. The van der Waals surface area contributed by atoms with E-state index in [1.165, 1.54) is 12.1 Å². The second-order valence-corrected chi connectivity index (χ2v) is 4.52. The molecule has 101 valence electrons. The minimum absolute atomic E-state index is 0.111.